The second-order valence-corrected chi connectivity index (χ2v) is 5.15. The maximum atomic E-state index is 6.14. The number of H-pyrrole nitrogens is 1. The maximum Gasteiger partial charge on any atom is 0.138 e. The number of fused-ring (bicyclic) bond motifs is 1. The van der Waals surface area contributed by atoms with Gasteiger partial charge in [-0.15, -0.1) is 0 Å². The molecule has 3 rings (SSSR count). The Morgan fingerprint density at radius 2 is 2.18 bits per heavy atom. The molecule has 0 saturated carbocycles. The Balaban J connectivity index is 1.83. The molecule has 1 aliphatic rings. The molecule has 17 heavy (non-hydrogen) atoms. The van der Waals surface area contributed by atoms with Crippen LogP contribution >= 0.6 is 11.6 Å². The molecule has 0 unspecified atom stereocenters. The van der Waals surface area contributed by atoms with Gasteiger partial charge in [0.2, 0.25) is 0 Å². The highest BCUT2D eigenvalue weighted by atomic mass is 35.5. The van der Waals surface area contributed by atoms with Crippen molar-refractivity contribution in [3.63, 3.8) is 0 Å². The summed E-state index contributed by atoms with van der Waals surface area (Å²) >= 11 is 6.14. The summed E-state index contributed by atoms with van der Waals surface area (Å²) in [6, 6.07) is 3.98. The van der Waals surface area contributed by atoms with Gasteiger partial charge in [-0.2, -0.15) is 0 Å². The Labute approximate surface area is 106 Å². The highest BCUT2D eigenvalue weighted by Crippen LogP contribution is 2.25. The largest absolute Gasteiger partial charge is 0.343 e. The molecule has 1 aliphatic heterocycles. The molecule has 0 spiro atoms. The van der Waals surface area contributed by atoms with E-state index in [2.05, 4.69) is 21.4 Å². The number of aromatic nitrogens is 2. The molecule has 0 bridgehead atoms. The summed E-state index contributed by atoms with van der Waals surface area (Å²) in [6.45, 7) is 2.29. The number of hydrogen-bond acceptors (Lipinski definition) is 2. The van der Waals surface area contributed by atoms with Crippen molar-refractivity contribution in [1.29, 1.82) is 0 Å². The van der Waals surface area contributed by atoms with Crippen LogP contribution in [0.25, 0.3) is 11.0 Å². The first kappa shape index (κ1) is 11.1. The smallest absolute Gasteiger partial charge is 0.138 e. The third-order valence-corrected chi connectivity index (χ3v) is 3.83. The molecule has 2 N–H and O–H groups in total. The number of nitrogens with one attached hydrogen (secondary N) is 2. The van der Waals surface area contributed by atoms with Crippen LogP contribution in [0.4, 0.5) is 0 Å². The lowest BCUT2D eigenvalue weighted by Gasteiger charge is -2.21. The minimum Gasteiger partial charge on any atom is -0.343 e. The summed E-state index contributed by atoms with van der Waals surface area (Å²) in [7, 11) is 0. The Morgan fingerprint density at radius 1 is 1.35 bits per heavy atom. The van der Waals surface area contributed by atoms with Crippen LogP contribution in [0.2, 0.25) is 5.02 Å². The first-order chi connectivity index (χ1) is 8.33. The van der Waals surface area contributed by atoms with Crippen LogP contribution in [0.3, 0.4) is 0 Å². The molecule has 0 amide bonds. The summed E-state index contributed by atoms with van der Waals surface area (Å²) in [5, 5.41) is 5.21. The van der Waals surface area contributed by atoms with Gasteiger partial charge < -0.3 is 10.3 Å². The second-order valence-electron chi connectivity index (χ2n) is 4.75. The van der Waals surface area contributed by atoms with Gasteiger partial charge in [0.25, 0.3) is 0 Å². The van der Waals surface area contributed by atoms with Crippen molar-refractivity contribution < 1.29 is 0 Å². The minimum atomic E-state index is 0.780. The summed E-state index contributed by atoms with van der Waals surface area (Å²) in [4.78, 5) is 7.67. The zero-order valence-corrected chi connectivity index (χ0v) is 10.4. The quantitative estimate of drug-likeness (QED) is 0.859. The number of rotatable bonds is 2. The monoisotopic (exact) mass is 249 g/mol. The zero-order valence-electron chi connectivity index (χ0n) is 9.67. The van der Waals surface area contributed by atoms with Crippen LogP contribution in [0, 0.1) is 5.92 Å². The van der Waals surface area contributed by atoms with E-state index >= 15 is 0 Å². The Kier molecular flexibility index (Phi) is 3.04. The summed E-state index contributed by atoms with van der Waals surface area (Å²) < 4.78 is 0. The lowest BCUT2D eigenvalue weighted by Crippen LogP contribution is -2.28. The SMILES string of the molecule is Clc1ccnc2[nH]c(CC3CCNCC3)cc12. The van der Waals surface area contributed by atoms with E-state index in [1.807, 2.05) is 6.07 Å². The molecule has 0 radical (unpaired) electrons. The molecule has 4 heteroatoms. The topological polar surface area (TPSA) is 40.7 Å². The highest BCUT2D eigenvalue weighted by Gasteiger charge is 2.15. The summed E-state index contributed by atoms with van der Waals surface area (Å²) in [5.74, 6) is 0.781. The molecule has 0 aliphatic carbocycles. The number of piperidine rings is 1. The molecule has 2 aromatic heterocycles. The first-order valence-electron chi connectivity index (χ1n) is 6.16. The van der Waals surface area contributed by atoms with Crippen LogP contribution in [0.5, 0.6) is 0 Å². The van der Waals surface area contributed by atoms with Crippen LogP contribution in [-0.2, 0) is 6.42 Å². The molecule has 3 nitrogen and oxygen atoms in total. The van der Waals surface area contributed by atoms with Gasteiger partial charge in [0.1, 0.15) is 5.65 Å². The van der Waals surface area contributed by atoms with Crippen molar-refractivity contribution >= 4 is 22.6 Å². The van der Waals surface area contributed by atoms with Gasteiger partial charge in [-0.05, 0) is 50.4 Å². The highest BCUT2D eigenvalue weighted by molar-refractivity contribution is 6.35. The molecule has 2 aromatic rings. The number of aromatic amines is 1. The van der Waals surface area contributed by atoms with Crippen LogP contribution in [0.1, 0.15) is 18.5 Å². The average molecular weight is 250 g/mol. The third kappa shape index (κ3) is 2.31. The minimum absolute atomic E-state index is 0.780. The molecule has 1 saturated heterocycles. The Bertz CT molecular complexity index is 514. The van der Waals surface area contributed by atoms with E-state index in [0.29, 0.717) is 0 Å². The van der Waals surface area contributed by atoms with Crippen molar-refractivity contribution in [2.24, 2.45) is 5.92 Å². The van der Waals surface area contributed by atoms with Crippen molar-refractivity contribution in [1.82, 2.24) is 15.3 Å². The van der Waals surface area contributed by atoms with Gasteiger partial charge in [0.15, 0.2) is 0 Å². The van der Waals surface area contributed by atoms with Gasteiger partial charge in [0.05, 0.1) is 5.02 Å². The van der Waals surface area contributed by atoms with Gasteiger partial charge in [-0.25, -0.2) is 4.98 Å². The van der Waals surface area contributed by atoms with E-state index < -0.39 is 0 Å². The van der Waals surface area contributed by atoms with Gasteiger partial charge >= 0.3 is 0 Å². The molecular formula is C13H16ClN3. The lowest BCUT2D eigenvalue weighted by atomic mass is 9.93. The van der Waals surface area contributed by atoms with Crippen molar-refractivity contribution in [3.05, 3.63) is 29.0 Å². The zero-order chi connectivity index (χ0) is 11.7. The van der Waals surface area contributed by atoms with E-state index in [-0.39, 0.29) is 0 Å². The van der Waals surface area contributed by atoms with Crippen molar-refractivity contribution in [2.45, 2.75) is 19.3 Å². The molecular weight excluding hydrogens is 234 g/mol. The van der Waals surface area contributed by atoms with Crippen LogP contribution in [-0.4, -0.2) is 23.1 Å². The second kappa shape index (κ2) is 4.67. The number of halogens is 1. The maximum absolute atomic E-state index is 6.14. The number of nitrogens with zero attached hydrogens (tertiary/aromatic N) is 1. The molecule has 0 atom stereocenters. The Hall–Kier alpha value is -1.06. The molecule has 0 aromatic carbocycles. The molecule has 3 heterocycles. The van der Waals surface area contributed by atoms with E-state index in [9.17, 15) is 0 Å². The standard InChI is InChI=1S/C13H16ClN3/c14-12-3-6-16-13-11(12)8-10(17-13)7-9-1-4-15-5-2-9/h3,6,8-9,15H,1-2,4-5,7H2,(H,16,17). The first-order valence-corrected chi connectivity index (χ1v) is 6.53. The van der Waals surface area contributed by atoms with E-state index in [4.69, 9.17) is 11.6 Å². The van der Waals surface area contributed by atoms with E-state index in [0.717, 1.165) is 41.5 Å². The normalized spacial score (nSPS) is 17.7. The molecule has 1 fully saturated rings. The van der Waals surface area contributed by atoms with Crippen molar-refractivity contribution in [3.8, 4) is 0 Å². The third-order valence-electron chi connectivity index (χ3n) is 3.50. The van der Waals surface area contributed by atoms with E-state index in [1.54, 1.807) is 6.20 Å². The predicted octanol–water partition coefficient (Wildman–Crippen LogP) is 2.76. The van der Waals surface area contributed by atoms with E-state index in [1.165, 1.54) is 18.5 Å². The fourth-order valence-corrected chi connectivity index (χ4v) is 2.76. The van der Waals surface area contributed by atoms with Gasteiger partial charge in [0, 0.05) is 17.3 Å². The van der Waals surface area contributed by atoms with Gasteiger partial charge in [-0.1, -0.05) is 11.6 Å². The predicted molar refractivity (Wildman–Crippen MR) is 70.4 cm³/mol. The number of hydrogen-bond donors (Lipinski definition) is 2. The lowest BCUT2D eigenvalue weighted by molar-refractivity contribution is 0.370. The fraction of sp³-hybridized carbons (Fsp3) is 0.462. The average Bonchev–Trinajstić information content (AvgIpc) is 2.74. The van der Waals surface area contributed by atoms with Crippen LogP contribution in [0.15, 0.2) is 18.3 Å². The number of pyridine rings is 1. The fourth-order valence-electron chi connectivity index (χ4n) is 2.56. The molecule has 90 valence electrons. The Morgan fingerprint density at radius 3 is 2.94 bits per heavy atom. The van der Waals surface area contributed by atoms with Gasteiger partial charge in [-0.3, -0.25) is 0 Å². The summed E-state index contributed by atoms with van der Waals surface area (Å²) in [6.07, 6.45) is 5.37. The van der Waals surface area contributed by atoms with Crippen LogP contribution < -0.4 is 5.32 Å². The summed E-state index contributed by atoms with van der Waals surface area (Å²) in [5.41, 5.74) is 2.16. The van der Waals surface area contributed by atoms with Crippen molar-refractivity contribution in [2.75, 3.05) is 13.1 Å².